The van der Waals surface area contributed by atoms with Gasteiger partial charge in [-0.3, -0.25) is 13.7 Å². The van der Waals surface area contributed by atoms with E-state index in [1.165, 1.54) is 20.8 Å². The van der Waals surface area contributed by atoms with Gasteiger partial charge >= 0.3 is 0 Å². The van der Waals surface area contributed by atoms with Gasteiger partial charge in [-0.15, -0.1) is 0 Å². The van der Waals surface area contributed by atoms with E-state index in [1.807, 2.05) is 0 Å². The average Bonchev–Trinajstić information content (AvgIpc) is 2.42. The normalized spacial score (nSPS) is 15.2. The molecule has 0 saturated heterocycles. The Labute approximate surface area is 153 Å². The van der Waals surface area contributed by atoms with Crippen LogP contribution < -0.4 is 0 Å². The molecule has 0 heterocycles. The van der Waals surface area contributed by atoms with Crippen molar-refractivity contribution in [3.8, 4) is 0 Å². The van der Waals surface area contributed by atoms with Crippen molar-refractivity contribution in [1.29, 1.82) is 0 Å². The molecule has 0 aromatic carbocycles. The second-order valence-corrected chi connectivity index (χ2v) is 10.7. The Hall–Kier alpha value is -0.270. The van der Waals surface area contributed by atoms with Gasteiger partial charge < -0.3 is 0 Å². The first-order valence-electron chi connectivity index (χ1n) is 7.33. The molecule has 0 aliphatic carbocycles. The molecular formula is C13H34O9S3. The highest BCUT2D eigenvalue weighted by Gasteiger charge is 2.14. The third kappa shape index (κ3) is 19.9. The van der Waals surface area contributed by atoms with Gasteiger partial charge in [0.25, 0.3) is 30.4 Å². The van der Waals surface area contributed by atoms with Crippen molar-refractivity contribution in [3.63, 3.8) is 0 Å². The fourth-order valence-electron chi connectivity index (χ4n) is 0.632. The van der Waals surface area contributed by atoms with E-state index in [9.17, 15) is 25.3 Å². The molecule has 3 N–H and O–H groups in total. The highest BCUT2D eigenvalue weighted by atomic mass is 32.2. The molecule has 0 fully saturated rings. The van der Waals surface area contributed by atoms with Crippen molar-refractivity contribution >= 4 is 30.4 Å². The van der Waals surface area contributed by atoms with Crippen molar-refractivity contribution in [3.05, 3.63) is 0 Å². The van der Waals surface area contributed by atoms with Gasteiger partial charge in [-0.05, 0) is 40.0 Å². The topological polar surface area (TPSA) is 163 Å². The van der Waals surface area contributed by atoms with E-state index in [1.54, 1.807) is 20.8 Å². The lowest BCUT2D eigenvalue weighted by Crippen LogP contribution is -2.14. The molecule has 158 valence electrons. The summed E-state index contributed by atoms with van der Waals surface area (Å²) < 4.78 is 85.5. The summed E-state index contributed by atoms with van der Waals surface area (Å²) in [6.07, 6.45) is 1.37. The highest BCUT2D eigenvalue weighted by molar-refractivity contribution is 7.86. The van der Waals surface area contributed by atoms with E-state index in [4.69, 9.17) is 13.7 Å². The van der Waals surface area contributed by atoms with Crippen LogP contribution in [0.3, 0.4) is 0 Å². The molecule has 0 aliphatic heterocycles. The van der Waals surface area contributed by atoms with Crippen LogP contribution in [0.25, 0.3) is 0 Å². The van der Waals surface area contributed by atoms with Gasteiger partial charge in [-0.25, -0.2) is 0 Å². The lowest BCUT2D eigenvalue weighted by molar-refractivity contribution is 0.466. The van der Waals surface area contributed by atoms with Crippen molar-refractivity contribution in [2.75, 3.05) is 0 Å². The summed E-state index contributed by atoms with van der Waals surface area (Å²) in [7, 11) is -11.3. The summed E-state index contributed by atoms with van der Waals surface area (Å²) >= 11 is 0. The molecule has 0 radical (unpaired) electrons. The Morgan fingerprint density at radius 1 is 0.560 bits per heavy atom. The van der Waals surface area contributed by atoms with Gasteiger partial charge in [0.05, 0.1) is 15.7 Å². The van der Waals surface area contributed by atoms with Crippen molar-refractivity contribution in [2.45, 2.75) is 84.0 Å². The Bertz CT molecular complexity index is 531. The Kier molecular flexibility index (Phi) is 18.0. The molecule has 0 aromatic heterocycles. The molecule has 0 saturated carbocycles. The summed E-state index contributed by atoms with van der Waals surface area (Å²) in [5.41, 5.74) is 0. The lowest BCUT2D eigenvalue weighted by atomic mass is 10.4. The van der Waals surface area contributed by atoms with Crippen LogP contribution in [0.4, 0.5) is 0 Å². The predicted octanol–water partition coefficient (Wildman–Crippen LogP) is 2.65. The van der Waals surface area contributed by atoms with Gasteiger partial charge in [-0.2, -0.15) is 25.3 Å². The fourth-order valence-corrected chi connectivity index (χ4v) is 1.90. The summed E-state index contributed by atoms with van der Waals surface area (Å²) in [5.74, 6) is 0. The van der Waals surface area contributed by atoms with E-state index in [-0.39, 0.29) is 7.43 Å². The molecule has 0 aromatic rings. The Morgan fingerprint density at radius 3 is 0.680 bits per heavy atom. The molecular weight excluding hydrogens is 396 g/mol. The van der Waals surface area contributed by atoms with Gasteiger partial charge in [0, 0.05) is 0 Å². The first-order valence-corrected chi connectivity index (χ1v) is 11.8. The van der Waals surface area contributed by atoms with Crippen LogP contribution in [0.2, 0.25) is 0 Å². The van der Waals surface area contributed by atoms with Crippen molar-refractivity contribution in [1.82, 2.24) is 0 Å². The molecule has 25 heavy (non-hydrogen) atoms. The number of hydrogen-bond acceptors (Lipinski definition) is 6. The van der Waals surface area contributed by atoms with E-state index in [2.05, 4.69) is 0 Å². The summed E-state index contributed by atoms with van der Waals surface area (Å²) in [6, 6.07) is 0. The first-order chi connectivity index (χ1) is 10.4. The zero-order valence-corrected chi connectivity index (χ0v) is 17.3. The fraction of sp³-hybridized carbons (Fsp3) is 1.00. The smallest absolute Gasteiger partial charge is 0.267 e. The lowest BCUT2D eigenvalue weighted by Gasteiger charge is -2.00. The number of rotatable bonds is 6. The minimum atomic E-state index is -3.75. The SMILES string of the molecule is C.CCC(C)S(=O)(=O)O.CCC(C)S(=O)(=O)O.CCC(C)S(=O)(=O)O. The summed E-state index contributed by atoms with van der Waals surface area (Å²) in [6.45, 7) is 9.52. The zero-order valence-electron chi connectivity index (χ0n) is 14.9. The molecule has 3 unspecified atom stereocenters. The molecule has 0 rings (SSSR count). The molecule has 0 aliphatic rings. The summed E-state index contributed by atoms with van der Waals surface area (Å²) in [5, 5.41) is -1.87. The van der Waals surface area contributed by atoms with Crippen LogP contribution in [-0.2, 0) is 30.4 Å². The second kappa shape index (κ2) is 13.9. The minimum absolute atomic E-state index is 0. The maximum Gasteiger partial charge on any atom is 0.267 e. The van der Waals surface area contributed by atoms with E-state index in [0.29, 0.717) is 19.3 Å². The van der Waals surface area contributed by atoms with E-state index in [0.717, 1.165) is 0 Å². The number of hydrogen-bond donors (Lipinski definition) is 3. The molecule has 9 nitrogen and oxygen atoms in total. The quantitative estimate of drug-likeness (QED) is 0.537. The zero-order chi connectivity index (χ0) is 20.4. The van der Waals surface area contributed by atoms with Crippen LogP contribution >= 0.6 is 0 Å². The van der Waals surface area contributed by atoms with Crippen molar-refractivity contribution in [2.24, 2.45) is 0 Å². The van der Waals surface area contributed by atoms with E-state index < -0.39 is 46.1 Å². The maximum absolute atomic E-state index is 10.1. The van der Waals surface area contributed by atoms with Crippen LogP contribution in [-0.4, -0.2) is 54.7 Å². The first kappa shape index (κ1) is 32.4. The van der Waals surface area contributed by atoms with Gasteiger partial charge in [0.1, 0.15) is 0 Å². The standard InChI is InChI=1S/3C4H10O3S.CH4/c3*1-3-4(2)8(5,6)7;/h3*4H,3H2,1-2H3,(H,5,6,7);1H4. The molecule has 0 amide bonds. The van der Waals surface area contributed by atoms with Crippen molar-refractivity contribution < 1.29 is 38.9 Å². The third-order valence-corrected chi connectivity index (χ3v) is 7.30. The average molecular weight is 431 g/mol. The Morgan fingerprint density at radius 2 is 0.680 bits per heavy atom. The third-order valence-electron chi connectivity index (χ3n) is 3.25. The molecule has 3 atom stereocenters. The van der Waals surface area contributed by atoms with Gasteiger partial charge in [-0.1, -0.05) is 28.2 Å². The Balaban J connectivity index is -0.000000130. The summed E-state index contributed by atoms with van der Waals surface area (Å²) in [4.78, 5) is 0. The van der Waals surface area contributed by atoms with Crippen LogP contribution in [0.15, 0.2) is 0 Å². The molecule has 0 spiro atoms. The second-order valence-electron chi connectivity index (χ2n) is 5.20. The van der Waals surface area contributed by atoms with Crippen LogP contribution in [0.5, 0.6) is 0 Å². The monoisotopic (exact) mass is 430 g/mol. The minimum Gasteiger partial charge on any atom is -0.285 e. The molecule has 0 bridgehead atoms. The van der Waals surface area contributed by atoms with Crippen LogP contribution in [0, 0.1) is 0 Å². The highest BCUT2D eigenvalue weighted by Crippen LogP contribution is 2.01. The molecule has 12 heteroatoms. The van der Waals surface area contributed by atoms with Gasteiger partial charge in [0.2, 0.25) is 0 Å². The van der Waals surface area contributed by atoms with Gasteiger partial charge in [0.15, 0.2) is 0 Å². The van der Waals surface area contributed by atoms with Crippen LogP contribution in [0.1, 0.15) is 68.2 Å². The van der Waals surface area contributed by atoms with E-state index >= 15 is 0 Å². The maximum atomic E-state index is 10.1. The predicted molar refractivity (Wildman–Crippen MR) is 101 cm³/mol. The largest absolute Gasteiger partial charge is 0.285 e.